The summed E-state index contributed by atoms with van der Waals surface area (Å²) < 4.78 is 6.55. The summed E-state index contributed by atoms with van der Waals surface area (Å²) in [7, 11) is 4.37. The number of aromatic nitrogens is 1. The van der Waals surface area contributed by atoms with Gasteiger partial charge in [-0.15, -0.1) is 0 Å². The minimum absolute atomic E-state index is 0.0224. The molecule has 1 aromatic heterocycles. The molecule has 0 amide bonds. The van der Waals surface area contributed by atoms with Crippen LogP contribution in [0.2, 0.25) is 5.02 Å². The average Bonchev–Trinajstić information content (AvgIpc) is 3.68. The van der Waals surface area contributed by atoms with Crippen molar-refractivity contribution in [1.29, 1.82) is 0 Å². The second-order valence-electron chi connectivity index (χ2n) is 12.2. The van der Waals surface area contributed by atoms with E-state index in [2.05, 4.69) is 63.1 Å². The zero-order chi connectivity index (χ0) is 29.4. The lowest BCUT2D eigenvalue weighted by Gasteiger charge is -2.35. The van der Waals surface area contributed by atoms with E-state index in [0.717, 1.165) is 34.0 Å². The quantitative estimate of drug-likeness (QED) is 0.271. The monoisotopic (exact) mass is 569 g/mol. The Labute approximate surface area is 247 Å². The van der Waals surface area contributed by atoms with Gasteiger partial charge in [-0.25, -0.2) is 0 Å². The van der Waals surface area contributed by atoms with Crippen LogP contribution < -0.4 is 15.6 Å². The number of H-pyrrole nitrogens is 1. The lowest BCUT2D eigenvalue weighted by molar-refractivity contribution is 0.0721. The van der Waals surface area contributed by atoms with E-state index in [0.29, 0.717) is 24.6 Å². The van der Waals surface area contributed by atoms with Crippen molar-refractivity contribution in [3.63, 3.8) is 0 Å². The summed E-state index contributed by atoms with van der Waals surface area (Å²) >= 11 is 6.53. The number of nitrogens with zero attached hydrogens (tertiary/aromatic N) is 1. The van der Waals surface area contributed by atoms with Crippen molar-refractivity contribution >= 4 is 11.6 Å². The van der Waals surface area contributed by atoms with Gasteiger partial charge in [-0.2, -0.15) is 0 Å². The molecule has 4 rings (SSSR count). The third kappa shape index (κ3) is 9.14. The van der Waals surface area contributed by atoms with Crippen LogP contribution in [-0.4, -0.2) is 36.1 Å². The molecule has 2 saturated carbocycles. The lowest BCUT2D eigenvalue weighted by Crippen LogP contribution is -2.33. The van der Waals surface area contributed by atoms with E-state index in [9.17, 15) is 4.79 Å². The Morgan fingerprint density at radius 3 is 2.33 bits per heavy atom. The second-order valence-corrected chi connectivity index (χ2v) is 12.6. The van der Waals surface area contributed by atoms with Crippen molar-refractivity contribution in [1.82, 2.24) is 15.2 Å². The van der Waals surface area contributed by atoms with E-state index in [4.69, 9.17) is 16.3 Å². The molecule has 1 heterocycles. The standard InChI is InChI=1S/C22H36ClNO.C12H16N2O/c1-7-19(24(5)6)12-9-13-21(18-10-8-11-18)25-22-17(4)16(3)15(2)14-20(22)23;1-8-5-9(2)14-12(15)11(8)7-13-6-10-3-4-10/h14,18-19,21H,7-13H2,1-6H3;5-6,13H,3-4,7H2,1-2H3,(H,14,15). The number of nitrogens with one attached hydrogen (secondary N) is 2. The van der Waals surface area contributed by atoms with Crippen LogP contribution in [0.5, 0.6) is 5.75 Å². The first kappa shape index (κ1) is 32.3. The Hall–Kier alpha value is -2.24. The molecule has 2 fully saturated rings. The number of ether oxygens (including phenoxy) is 1. The smallest absolute Gasteiger partial charge is 0.253 e. The summed E-state index contributed by atoms with van der Waals surface area (Å²) in [5.41, 5.74) is 8.01. The van der Waals surface area contributed by atoms with Crippen LogP contribution in [0.1, 0.15) is 98.2 Å². The van der Waals surface area contributed by atoms with E-state index in [1.807, 2.05) is 26.1 Å². The van der Waals surface area contributed by atoms with E-state index in [-0.39, 0.29) is 5.56 Å². The van der Waals surface area contributed by atoms with Gasteiger partial charge < -0.3 is 19.9 Å². The third-order valence-electron chi connectivity index (χ3n) is 8.84. The minimum Gasteiger partial charge on any atom is -0.488 e. The fraction of sp³-hybridized carbons (Fsp3) is 0.618. The summed E-state index contributed by atoms with van der Waals surface area (Å²) in [6.07, 6.45) is 13.5. The first-order chi connectivity index (χ1) is 19.0. The van der Waals surface area contributed by atoms with Crippen molar-refractivity contribution in [2.75, 3.05) is 14.1 Å². The molecule has 40 heavy (non-hydrogen) atoms. The van der Waals surface area contributed by atoms with Gasteiger partial charge in [0.25, 0.3) is 5.56 Å². The Bertz CT molecular complexity index is 1210. The molecule has 0 radical (unpaired) electrons. The first-order valence-corrected chi connectivity index (χ1v) is 15.6. The first-order valence-electron chi connectivity index (χ1n) is 15.2. The molecule has 0 saturated heterocycles. The highest BCUT2D eigenvalue weighted by Crippen LogP contribution is 2.39. The van der Waals surface area contributed by atoms with Gasteiger partial charge >= 0.3 is 0 Å². The Morgan fingerprint density at radius 1 is 1.07 bits per heavy atom. The molecule has 2 unspecified atom stereocenters. The van der Waals surface area contributed by atoms with Crippen LogP contribution in [0.4, 0.5) is 0 Å². The maximum absolute atomic E-state index is 11.6. The number of hydrogen-bond acceptors (Lipinski definition) is 4. The third-order valence-corrected chi connectivity index (χ3v) is 9.13. The number of aromatic amines is 1. The number of allylic oxidation sites excluding steroid dienone is 1. The number of benzene rings is 1. The number of halogens is 1. The molecular weight excluding hydrogens is 518 g/mol. The molecule has 2 atom stereocenters. The normalized spacial score (nSPS) is 16.1. The van der Waals surface area contributed by atoms with Crippen LogP contribution >= 0.6 is 11.6 Å². The van der Waals surface area contributed by atoms with Gasteiger partial charge in [0.05, 0.1) is 5.02 Å². The Balaban J connectivity index is 0.000000249. The van der Waals surface area contributed by atoms with Gasteiger partial charge in [-0.3, -0.25) is 4.79 Å². The number of hydrogen-bond donors (Lipinski definition) is 2. The van der Waals surface area contributed by atoms with Crippen molar-refractivity contribution in [3.8, 4) is 5.75 Å². The van der Waals surface area contributed by atoms with Crippen LogP contribution in [-0.2, 0) is 6.54 Å². The summed E-state index contributed by atoms with van der Waals surface area (Å²) in [6, 6.07) is 4.73. The van der Waals surface area contributed by atoms with Crippen LogP contribution in [0, 0.1) is 40.5 Å². The number of pyridine rings is 1. The molecule has 0 aliphatic heterocycles. The van der Waals surface area contributed by atoms with Crippen LogP contribution in [0.3, 0.4) is 0 Å². The topological polar surface area (TPSA) is 57.4 Å². The Morgan fingerprint density at radius 2 is 1.77 bits per heavy atom. The van der Waals surface area contributed by atoms with Crippen LogP contribution in [0.15, 0.2) is 28.7 Å². The van der Waals surface area contributed by atoms with Gasteiger partial charge in [-0.1, -0.05) is 30.5 Å². The molecule has 0 bridgehead atoms. The summed E-state index contributed by atoms with van der Waals surface area (Å²) in [6.45, 7) is 13.2. The molecule has 1 aromatic carbocycles. The molecule has 2 aliphatic rings. The van der Waals surface area contributed by atoms with E-state index < -0.39 is 0 Å². The van der Waals surface area contributed by atoms with Gasteiger partial charge in [0.2, 0.25) is 0 Å². The van der Waals surface area contributed by atoms with Gasteiger partial charge in [0, 0.05) is 23.8 Å². The van der Waals surface area contributed by atoms with E-state index in [1.54, 1.807) is 0 Å². The highest BCUT2D eigenvalue weighted by molar-refractivity contribution is 6.32. The zero-order valence-corrected chi connectivity index (χ0v) is 26.9. The summed E-state index contributed by atoms with van der Waals surface area (Å²) in [5, 5.41) is 3.95. The van der Waals surface area contributed by atoms with Gasteiger partial charge in [0.1, 0.15) is 11.9 Å². The minimum atomic E-state index is 0.0224. The van der Waals surface area contributed by atoms with Crippen molar-refractivity contribution in [3.05, 3.63) is 72.8 Å². The molecule has 6 heteroatoms. The van der Waals surface area contributed by atoms with Crippen molar-refractivity contribution in [2.24, 2.45) is 5.92 Å². The highest BCUT2D eigenvalue weighted by Gasteiger charge is 2.30. The average molecular weight is 570 g/mol. The summed E-state index contributed by atoms with van der Waals surface area (Å²) in [4.78, 5) is 16.8. The fourth-order valence-electron chi connectivity index (χ4n) is 5.50. The molecular formula is C34H52ClN3O2. The Kier molecular flexibility index (Phi) is 12.2. The maximum atomic E-state index is 11.6. The molecule has 2 N–H and O–H groups in total. The number of aryl methyl sites for hydroxylation is 3. The molecule has 5 nitrogen and oxygen atoms in total. The molecule has 2 aliphatic carbocycles. The largest absolute Gasteiger partial charge is 0.488 e. The number of rotatable bonds is 12. The fourth-order valence-corrected chi connectivity index (χ4v) is 5.85. The highest BCUT2D eigenvalue weighted by atomic mass is 35.5. The second kappa shape index (κ2) is 15.1. The van der Waals surface area contributed by atoms with Gasteiger partial charge in [0.15, 0.2) is 0 Å². The van der Waals surface area contributed by atoms with E-state index in [1.165, 1.54) is 73.6 Å². The lowest BCUT2D eigenvalue weighted by atomic mass is 9.79. The summed E-state index contributed by atoms with van der Waals surface area (Å²) in [5.74, 6) is 1.62. The maximum Gasteiger partial charge on any atom is 0.253 e. The van der Waals surface area contributed by atoms with Crippen molar-refractivity contribution < 1.29 is 4.74 Å². The predicted octanol–water partition coefficient (Wildman–Crippen LogP) is 8.08. The zero-order valence-electron chi connectivity index (χ0n) is 26.2. The van der Waals surface area contributed by atoms with Crippen molar-refractivity contribution in [2.45, 2.75) is 118 Å². The predicted molar refractivity (Wildman–Crippen MR) is 170 cm³/mol. The molecule has 0 spiro atoms. The SMILES string of the molecule is CCC(CCCC(Oc1c(Cl)cc(C)c(C)c1C)C1CCC1)N(C)C.Cc1cc(C)c(CNC=C2CC2)c(=O)[nH]1. The molecule has 222 valence electrons. The van der Waals surface area contributed by atoms with Gasteiger partial charge in [-0.05, 0) is 147 Å². The molecule has 2 aromatic rings. The van der Waals surface area contributed by atoms with Crippen LogP contribution in [0.25, 0.3) is 0 Å². The van der Waals surface area contributed by atoms with E-state index >= 15 is 0 Å².